The smallest absolute Gasteiger partial charge is 0.328 e. The summed E-state index contributed by atoms with van der Waals surface area (Å²) in [6, 6.07) is 9.52. The number of carboxylic acids is 1. The number of likely N-dealkylation sites (N-methyl/N-ethyl adjacent to an activating group) is 1. The topological polar surface area (TPSA) is 49.3 Å². The lowest BCUT2D eigenvalue weighted by Crippen LogP contribution is -2.48. The highest BCUT2D eigenvalue weighted by molar-refractivity contribution is 7.99. The van der Waals surface area contributed by atoms with Crippen LogP contribution in [0.2, 0.25) is 0 Å². The Hall–Kier alpha value is -1.00. The summed E-state index contributed by atoms with van der Waals surface area (Å²) in [5.74, 6) is 0.0904. The molecule has 2 N–H and O–H groups in total. The zero-order valence-corrected chi connectivity index (χ0v) is 13.5. The first kappa shape index (κ1) is 16.4. The van der Waals surface area contributed by atoms with E-state index in [0.29, 0.717) is 6.42 Å². The molecule has 0 amide bonds. The van der Waals surface area contributed by atoms with Crippen molar-refractivity contribution in [3.05, 3.63) is 35.9 Å². The third-order valence-electron chi connectivity index (χ3n) is 4.44. The Bertz CT molecular complexity index is 445. The SMILES string of the molecule is CNC(CCSC1CCCCC1)(C(=O)O)c1ccccc1. The summed E-state index contributed by atoms with van der Waals surface area (Å²) in [5, 5.41) is 13.5. The van der Waals surface area contributed by atoms with E-state index in [2.05, 4.69) is 5.32 Å². The van der Waals surface area contributed by atoms with Gasteiger partial charge in [0.05, 0.1) is 0 Å². The van der Waals surface area contributed by atoms with Crippen molar-refractivity contribution in [2.24, 2.45) is 0 Å². The molecule has 0 aliphatic heterocycles. The predicted octanol–water partition coefficient (Wildman–Crippen LogP) is 3.64. The second kappa shape index (κ2) is 7.85. The first-order chi connectivity index (χ1) is 10.2. The molecule has 0 aromatic heterocycles. The molecular formula is C17H25NO2S. The number of carboxylic acid groups (broad SMARTS) is 1. The minimum Gasteiger partial charge on any atom is -0.480 e. The maximum absolute atomic E-state index is 11.9. The Morgan fingerprint density at radius 1 is 1.29 bits per heavy atom. The van der Waals surface area contributed by atoms with Gasteiger partial charge >= 0.3 is 5.97 Å². The van der Waals surface area contributed by atoms with Crippen molar-refractivity contribution < 1.29 is 9.90 Å². The molecule has 1 aromatic rings. The number of rotatable bonds is 7. The molecule has 4 heteroatoms. The van der Waals surface area contributed by atoms with E-state index in [1.807, 2.05) is 42.1 Å². The van der Waals surface area contributed by atoms with Gasteiger partial charge in [0, 0.05) is 5.25 Å². The summed E-state index contributed by atoms with van der Waals surface area (Å²) in [6.07, 6.45) is 7.20. The van der Waals surface area contributed by atoms with Gasteiger partial charge in [-0.3, -0.25) is 0 Å². The van der Waals surface area contributed by atoms with Gasteiger partial charge in [-0.25, -0.2) is 4.79 Å². The number of benzene rings is 1. The van der Waals surface area contributed by atoms with Crippen molar-refractivity contribution in [2.75, 3.05) is 12.8 Å². The van der Waals surface area contributed by atoms with E-state index in [1.165, 1.54) is 32.1 Å². The Labute approximate surface area is 131 Å². The number of aliphatic carboxylic acids is 1. The molecule has 0 saturated heterocycles. The highest BCUT2D eigenvalue weighted by atomic mass is 32.2. The van der Waals surface area contributed by atoms with Gasteiger partial charge in [0.15, 0.2) is 0 Å². The summed E-state index contributed by atoms with van der Waals surface area (Å²) < 4.78 is 0. The van der Waals surface area contributed by atoms with Gasteiger partial charge in [-0.05, 0) is 37.6 Å². The zero-order chi connectivity index (χ0) is 15.1. The Morgan fingerprint density at radius 2 is 1.95 bits per heavy atom. The molecular weight excluding hydrogens is 282 g/mol. The molecule has 0 heterocycles. The van der Waals surface area contributed by atoms with Gasteiger partial charge in [-0.15, -0.1) is 0 Å². The zero-order valence-electron chi connectivity index (χ0n) is 12.7. The van der Waals surface area contributed by atoms with Crippen LogP contribution in [0.15, 0.2) is 30.3 Å². The summed E-state index contributed by atoms with van der Waals surface area (Å²) in [7, 11) is 1.74. The molecule has 1 fully saturated rings. The average molecular weight is 307 g/mol. The average Bonchev–Trinajstić information content (AvgIpc) is 2.53. The lowest BCUT2D eigenvalue weighted by atomic mass is 9.87. The second-order valence-electron chi connectivity index (χ2n) is 5.71. The molecule has 0 bridgehead atoms. The monoisotopic (exact) mass is 307 g/mol. The number of hydrogen-bond acceptors (Lipinski definition) is 3. The van der Waals surface area contributed by atoms with Crippen LogP contribution in [0.25, 0.3) is 0 Å². The summed E-state index contributed by atoms with van der Waals surface area (Å²) in [5.41, 5.74) is -0.132. The van der Waals surface area contributed by atoms with Crippen molar-refractivity contribution >= 4 is 17.7 Å². The summed E-state index contributed by atoms with van der Waals surface area (Å²) in [6.45, 7) is 0. The van der Waals surface area contributed by atoms with Crippen molar-refractivity contribution in [3.8, 4) is 0 Å². The fourth-order valence-corrected chi connectivity index (χ4v) is 4.51. The number of carbonyl (C=O) groups is 1. The summed E-state index contributed by atoms with van der Waals surface area (Å²) >= 11 is 1.95. The van der Waals surface area contributed by atoms with Gasteiger partial charge in [0.1, 0.15) is 5.54 Å². The molecule has 1 atom stereocenters. The maximum Gasteiger partial charge on any atom is 0.328 e. The van der Waals surface area contributed by atoms with Gasteiger partial charge in [0.2, 0.25) is 0 Å². The Kier molecular flexibility index (Phi) is 6.12. The molecule has 0 radical (unpaired) electrons. The molecule has 0 spiro atoms. The van der Waals surface area contributed by atoms with E-state index in [9.17, 15) is 9.90 Å². The normalized spacial score (nSPS) is 19.1. The van der Waals surface area contributed by atoms with Crippen LogP contribution >= 0.6 is 11.8 Å². The van der Waals surface area contributed by atoms with Crippen LogP contribution < -0.4 is 5.32 Å². The standard InChI is InChI=1S/C17H25NO2S/c1-18-17(16(19)20,14-8-4-2-5-9-14)12-13-21-15-10-6-3-7-11-15/h2,4-5,8-9,15,18H,3,6-7,10-13H2,1H3,(H,19,20). The van der Waals surface area contributed by atoms with Crippen LogP contribution in [-0.2, 0) is 10.3 Å². The van der Waals surface area contributed by atoms with E-state index in [0.717, 1.165) is 16.6 Å². The second-order valence-corrected chi connectivity index (χ2v) is 7.12. The number of thioether (sulfide) groups is 1. The first-order valence-electron chi connectivity index (χ1n) is 7.78. The highest BCUT2D eigenvalue weighted by Gasteiger charge is 2.38. The van der Waals surface area contributed by atoms with Gasteiger partial charge < -0.3 is 10.4 Å². The molecule has 116 valence electrons. The largest absolute Gasteiger partial charge is 0.480 e. The highest BCUT2D eigenvalue weighted by Crippen LogP contribution is 2.32. The van der Waals surface area contributed by atoms with Crippen molar-refractivity contribution in [3.63, 3.8) is 0 Å². The van der Waals surface area contributed by atoms with Crippen LogP contribution in [0, 0.1) is 0 Å². The minimum atomic E-state index is -0.969. The van der Waals surface area contributed by atoms with Gasteiger partial charge in [-0.2, -0.15) is 11.8 Å². The van der Waals surface area contributed by atoms with Crippen LogP contribution in [-0.4, -0.2) is 29.1 Å². The lowest BCUT2D eigenvalue weighted by molar-refractivity contribution is -0.145. The lowest BCUT2D eigenvalue weighted by Gasteiger charge is -2.30. The summed E-state index contributed by atoms with van der Waals surface area (Å²) in [4.78, 5) is 11.9. The fraction of sp³-hybridized carbons (Fsp3) is 0.588. The maximum atomic E-state index is 11.9. The van der Waals surface area contributed by atoms with Crippen LogP contribution in [0.3, 0.4) is 0 Å². The third-order valence-corrected chi connectivity index (χ3v) is 5.82. The Balaban J connectivity index is 2.01. The van der Waals surface area contributed by atoms with Crippen molar-refractivity contribution in [1.82, 2.24) is 5.32 Å². The molecule has 1 aliphatic rings. The van der Waals surface area contributed by atoms with Crippen LogP contribution in [0.1, 0.15) is 44.1 Å². The van der Waals surface area contributed by atoms with Gasteiger partial charge in [-0.1, -0.05) is 49.6 Å². The first-order valence-corrected chi connectivity index (χ1v) is 8.83. The van der Waals surface area contributed by atoms with E-state index in [4.69, 9.17) is 0 Å². The molecule has 1 aromatic carbocycles. The van der Waals surface area contributed by atoms with Gasteiger partial charge in [0.25, 0.3) is 0 Å². The van der Waals surface area contributed by atoms with Crippen LogP contribution in [0.4, 0.5) is 0 Å². The number of nitrogens with one attached hydrogen (secondary N) is 1. The fourth-order valence-electron chi connectivity index (χ4n) is 3.08. The van der Waals surface area contributed by atoms with Crippen molar-refractivity contribution in [1.29, 1.82) is 0 Å². The van der Waals surface area contributed by atoms with Crippen molar-refractivity contribution in [2.45, 2.75) is 49.3 Å². The van der Waals surface area contributed by atoms with E-state index >= 15 is 0 Å². The quantitative estimate of drug-likeness (QED) is 0.807. The molecule has 2 rings (SSSR count). The third kappa shape index (κ3) is 4.01. The van der Waals surface area contributed by atoms with Crippen LogP contribution in [0.5, 0.6) is 0 Å². The number of hydrogen-bond donors (Lipinski definition) is 2. The minimum absolute atomic E-state index is 0.615. The van der Waals surface area contributed by atoms with E-state index in [1.54, 1.807) is 7.05 Å². The molecule has 1 saturated carbocycles. The molecule has 1 unspecified atom stereocenters. The van der Waals surface area contributed by atoms with E-state index < -0.39 is 11.5 Å². The molecule has 1 aliphatic carbocycles. The van der Waals surface area contributed by atoms with E-state index in [-0.39, 0.29) is 0 Å². The molecule has 3 nitrogen and oxygen atoms in total. The molecule has 21 heavy (non-hydrogen) atoms. The predicted molar refractivity (Wildman–Crippen MR) is 88.8 cm³/mol. The Morgan fingerprint density at radius 3 is 2.52 bits per heavy atom.